The first-order valence-corrected chi connectivity index (χ1v) is 9.35. The highest BCUT2D eigenvalue weighted by Crippen LogP contribution is 2.20. The van der Waals surface area contributed by atoms with Crippen molar-refractivity contribution in [2.24, 2.45) is 4.99 Å². The average molecular weight is 383 g/mol. The number of rotatable bonds is 7. The van der Waals surface area contributed by atoms with Crippen molar-refractivity contribution < 1.29 is 14.0 Å². The van der Waals surface area contributed by atoms with Crippen molar-refractivity contribution in [3.63, 3.8) is 0 Å². The summed E-state index contributed by atoms with van der Waals surface area (Å²) in [5.41, 5.74) is 0.885. The highest BCUT2D eigenvalue weighted by molar-refractivity contribution is 5.97. The zero-order chi connectivity index (χ0) is 19.8. The van der Waals surface area contributed by atoms with Gasteiger partial charge in [-0.05, 0) is 31.2 Å². The van der Waals surface area contributed by atoms with Crippen LogP contribution in [0.2, 0.25) is 0 Å². The van der Waals surface area contributed by atoms with Crippen LogP contribution < -0.4 is 20.9 Å². The number of aliphatic imine (C=N–C) groups is 1. The van der Waals surface area contributed by atoms with E-state index in [1.165, 1.54) is 0 Å². The lowest BCUT2D eigenvalue weighted by Gasteiger charge is -2.19. The van der Waals surface area contributed by atoms with Crippen molar-refractivity contribution in [1.29, 1.82) is 0 Å². The summed E-state index contributed by atoms with van der Waals surface area (Å²) in [7, 11) is 0. The smallest absolute Gasteiger partial charge is 0.242 e. The van der Waals surface area contributed by atoms with E-state index in [1.807, 2.05) is 37.3 Å². The summed E-state index contributed by atoms with van der Waals surface area (Å²) < 4.78 is 5.18. The van der Waals surface area contributed by atoms with Gasteiger partial charge in [-0.25, -0.2) is 4.99 Å². The topological polar surface area (TPSA) is 99.0 Å². The number of para-hydroxylation sites is 1. The Labute approximate surface area is 164 Å². The van der Waals surface area contributed by atoms with Gasteiger partial charge in [0.1, 0.15) is 12.3 Å². The van der Waals surface area contributed by atoms with E-state index in [-0.39, 0.29) is 24.4 Å². The first-order chi connectivity index (χ1) is 13.7. The summed E-state index contributed by atoms with van der Waals surface area (Å²) in [4.78, 5) is 30.4. The van der Waals surface area contributed by atoms with Gasteiger partial charge in [0.25, 0.3) is 0 Å². The molecule has 1 aliphatic heterocycles. The minimum atomic E-state index is -0.206. The van der Waals surface area contributed by atoms with E-state index < -0.39 is 0 Å². The number of nitrogens with one attached hydrogen (secondary N) is 3. The number of benzene rings is 1. The minimum absolute atomic E-state index is 0.0148. The Balaban J connectivity index is 1.53. The van der Waals surface area contributed by atoms with Crippen molar-refractivity contribution in [3.8, 4) is 0 Å². The number of carbonyl (C=O) groups excluding carboxylic acids is 2. The molecule has 0 spiro atoms. The number of amides is 2. The van der Waals surface area contributed by atoms with E-state index in [0.717, 1.165) is 5.69 Å². The van der Waals surface area contributed by atoms with Crippen molar-refractivity contribution in [2.45, 2.75) is 25.9 Å². The second-order valence-electron chi connectivity index (χ2n) is 6.44. The number of carbonyl (C=O) groups is 2. The lowest BCUT2D eigenvalue weighted by atomic mass is 10.2. The molecule has 28 heavy (non-hydrogen) atoms. The third-order valence-corrected chi connectivity index (χ3v) is 4.30. The van der Waals surface area contributed by atoms with Gasteiger partial charge in [0.2, 0.25) is 11.8 Å². The molecule has 0 bridgehead atoms. The fraction of sp³-hybridized carbons (Fsp3) is 0.350. The highest BCUT2D eigenvalue weighted by Gasteiger charge is 2.31. The molecule has 0 radical (unpaired) electrons. The highest BCUT2D eigenvalue weighted by atomic mass is 16.3. The summed E-state index contributed by atoms with van der Waals surface area (Å²) in [5, 5.41) is 9.12. The molecule has 2 aromatic rings. The molecule has 0 saturated carbocycles. The van der Waals surface area contributed by atoms with Crippen LogP contribution in [-0.2, 0) is 16.1 Å². The third kappa shape index (κ3) is 5.35. The molecule has 8 heteroatoms. The van der Waals surface area contributed by atoms with Gasteiger partial charge in [-0.3, -0.25) is 9.59 Å². The first-order valence-electron chi connectivity index (χ1n) is 9.35. The summed E-state index contributed by atoms with van der Waals surface area (Å²) in [5.74, 6) is 1.06. The number of nitrogens with zero attached hydrogens (tertiary/aromatic N) is 2. The van der Waals surface area contributed by atoms with E-state index in [2.05, 4.69) is 20.9 Å². The molecular weight excluding hydrogens is 358 g/mol. The number of hydrogen-bond donors (Lipinski definition) is 3. The molecule has 1 fully saturated rings. The zero-order valence-electron chi connectivity index (χ0n) is 15.9. The average Bonchev–Trinajstić information content (AvgIpc) is 3.35. The fourth-order valence-corrected chi connectivity index (χ4v) is 2.98. The molecule has 1 saturated heterocycles. The van der Waals surface area contributed by atoms with Crippen LogP contribution in [0.25, 0.3) is 0 Å². The molecule has 1 aromatic heterocycles. The van der Waals surface area contributed by atoms with Gasteiger partial charge < -0.3 is 25.3 Å². The standard InChI is InChI=1S/C20H25N5O3/c1-2-21-20(23-13-18(26)22-12-17-9-6-10-28-17)24-15-11-19(27)25(14-15)16-7-4-3-5-8-16/h3-10,15H,2,11-14H2,1H3,(H,22,26)(H2,21,23,24). The summed E-state index contributed by atoms with van der Waals surface area (Å²) in [6, 6.07) is 13.1. The molecule has 3 rings (SSSR count). The quantitative estimate of drug-likeness (QED) is 0.494. The van der Waals surface area contributed by atoms with Crippen LogP contribution in [0, 0.1) is 0 Å². The Bertz CT molecular complexity index is 805. The lowest BCUT2D eigenvalue weighted by molar-refractivity contribution is -0.120. The van der Waals surface area contributed by atoms with Gasteiger partial charge in [0.05, 0.1) is 18.8 Å². The van der Waals surface area contributed by atoms with E-state index in [1.54, 1.807) is 23.3 Å². The molecule has 2 heterocycles. The molecule has 8 nitrogen and oxygen atoms in total. The van der Waals surface area contributed by atoms with Crippen LogP contribution in [-0.4, -0.2) is 43.5 Å². The maximum absolute atomic E-state index is 12.3. The predicted octanol–water partition coefficient (Wildman–Crippen LogP) is 1.26. The van der Waals surface area contributed by atoms with Crippen molar-refractivity contribution in [1.82, 2.24) is 16.0 Å². The Morgan fingerprint density at radius 3 is 2.75 bits per heavy atom. The van der Waals surface area contributed by atoms with E-state index in [4.69, 9.17) is 4.42 Å². The van der Waals surface area contributed by atoms with Crippen LogP contribution in [0.3, 0.4) is 0 Å². The number of guanidine groups is 1. The van der Waals surface area contributed by atoms with Gasteiger partial charge in [0.15, 0.2) is 5.96 Å². The molecule has 1 unspecified atom stereocenters. The Morgan fingerprint density at radius 1 is 1.21 bits per heavy atom. The molecule has 0 aliphatic carbocycles. The predicted molar refractivity (Wildman–Crippen MR) is 107 cm³/mol. The maximum atomic E-state index is 12.3. The van der Waals surface area contributed by atoms with Crippen LogP contribution in [0.15, 0.2) is 58.1 Å². The van der Waals surface area contributed by atoms with E-state index in [0.29, 0.717) is 37.8 Å². The molecule has 1 aliphatic rings. The molecule has 148 valence electrons. The van der Waals surface area contributed by atoms with E-state index in [9.17, 15) is 9.59 Å². The Morgan fingerprint density at radius 2 is 2.04 bits per heavy atom. The Kier molecular flexibility index (Phi) is 6.67. The van der Waals surface area contributed by atoms with Gasteiger partial charge >= 0.3 is 0 Å². The van der Waals surface area contributed by atoms with Crippen LogP contribution in [0.4, 0.5) is 5.69 Å². The van der Waals surface area contributed by atoms with Gasteiger partial charge in [0, 0.05) is 25.2 Å². The number of hydrogen-bond acceptors (Lipinski definition) is 4. The number of anilines is 1. The van der Waals surface area contributed by atoms with Gasteiger partial charge in [-0.15, -0.1) is 0 Å². The zero-order valence-corrected chi connectivity index (χ0v) is 15.9. The molecule has 3 N–H and O–H groups in total. The SMILES string of the molecule is CCNC(=NCC(=O)NCc1ccco1)NC1CC(=O)N(c2ccccc2)C1. The molecular formula is C20H25N5O3. The van der Waals surface area contributed by atoms with Crippen molar-refractivity contribution in [2.75, 3.05) is 24.5 Å². The molecule has 2 amide bonds. The van der Waals surface area contributed by atoms with Crippen LogP contribution >= 0.6 is 0 Å². The molecule has 1 aromatic carbocycles. The monoisotopic (exact) mass is 383 g/mol. The first kappa shape index (κ1) is 19.5. The molecule has 1 atom stereocenters. The normalized spacial score (nSPS) is 16.9. The second kappa shape index (κ2) is 9.59. The second-order valence-corrected chi connectivity index (χ2v) is 6.44. The summed E-state index contributed by atoms with van der Waals surface area (Å²) in [6.45, 7) is 3.47. The van der Waals surface area contributed by atoms with Crippen molar-refractivity contribution >= 4 is 23.5 Å². The van der Waals surface area contributed by atoms with Gasteiger partial charge in [-0.2, -0.15) is 0 Å². The van der Waals surface area contributed by atoms with Gasteiger partial charge in [-0.1, -0.05) is 18.2 Å². The Hall–Kier alpha value is -3.29. The third-order valence-electron chi connectivity index (χ3n) is 4.30. The van der Waals surface area contributed by atoms with Crippen LogP contribution in [0.5, 0.6) is 0 Å². The van der Waals surface area contributed by atoms with E-state index >= 15 is 0 Å². The number of furan rings is 1. The van der Waals surface area contributed by atoms with Crippen molar-refractivity contribution in [3.05, 3.63) is 54.5 Å². The fourth-order valence-electron chi connectivity index (χ4n) is 2.98. The maximum Gasteiger partial charge on any atom is 0.242 e. The minimum Gasteiger partial charge on any atom is -0.467 e. The van der Waals surface area contributed by atoms with Crippen LogP contribution in [0.1, 0.15) is 19.1 Å². The largest absolute Gasteiger partial charge is 0.467 e. The summed E-state index contributed by atoms with van der Waals surface area (Å²) in [6.07, 6.45) is 1.94. The lowest BCUT2D eigenvalue weighted by Crippen LogP contribution is -2.45. The summed E-state index contributed by atoms with van der Waals surface area (Å²) >= 11 is 0.